The second-order valence-corrected chi connectivity index (χ2v) is 8.35. The van der Waals surface area contributed by atoms with Crippen LogP contribution in [0.3, 0.4) is 0 Å². The van der Waals surface area contributed by atoms with Gasteiger partial charge in [-0.1, -0.05) is 53.6 Å². The third-order valence-corrected chi connectivity index (χ3v) is 6.22. The van der Waals surface area contributed by atoms with Gasteiger partial charge < -0.3 is 9.30 Å². The van der Waals surface area contributed by atoms with E-state index in [1.165, 1.54) is 17.2 Å². The van der Waals surface area contributed by atoms with Crippen LogP contribution in [0.2, 0.25) is 0 Å². The van der Waals surface area contributed by atoms with Gasteiger partial charge in [-0.3, -0.25) is 13.9 Å². The third kappa shape index (κ3) is 2.90. The van der Waals surface area contributed by atoms with Crippen molar-refractivity contribution in [3.63, 3.8) is 0 Å². The summed E-state index contributed by atoms with van der Waals surface area (Å²) in [6.45, 7) is 5.23. The SMILES string of the molecule is Cc1ccc([C@H]2OCCn3c(-c4cccc(C)c4)c4c(=O)n(C)c(=O)n(C)c4c32)cc1. The lowest BCUT2D eigenvalue weighted by Gasteiger charge is -2.28. The van der Waals surface area contributed by atoms with E-state index in [-0.39, 0.29) is 17.4 Å². The van der Waals surface area contributed by atoms with Gasteiger partial charge in [0.1, 0.15) is 6.10 Å². The van der Waals surface area contributed by atoms with Crippen molar-refractivity contribution in [2.45, 2.75) is 26.5 Å². The maximum absolute atomic E-state index is 13.4. The zero-order chi connectivity index (χ0) is 21.9. The summed E-state index contributed by atoms with van der Waals surface area (Å²) in [7, 11) is 3.26. The molecule has 6 nitrogen and oxygen atoms in total. The van der Waals surface area contributed by atoms with Crippen molar-refractivity contribution in [1.29, 1.82) is 0 Å². The molecular formula is C25H25N3O3. The molecule has 1 aliphatic rings. The molecule has 0 fully saturated rings. The highest BCUT2D eigenvalue weighted by Gasteiger charge is 2.33. The van der Waals surface area contributed by atoms with Crippen molar-refractivity contribution in [3.8, 4) is 11.3 Å². The lowest BCUT2D eigenvalue weighted by atomic mass is 10.0. The van der Waals surface area contributed by atoms with Crippen molar-refractivity contribution >= 4 is 10.9 Å². The van der Waals surface area contributed by atoms with Gasteiger partial charge in [-0.2, -0.15) is 0 Å². The summed E-state index contributed by atoms with van der Waals surface area (Å²) in [6.07, 6.45) is -0.354. The molecule has 5 rings (SSSR count). The van der Waals surface area contributed by atoms with E-state index in [0.29, 0.717) is 24.1 Å². The minimum absolute atomic E-state index is 0.279. The van der Waals surface area contributed by atoms with Crippen LogP contribution in [-0.2, 0) is 25.4 Å². The van der Waals surface area contributed by atoms with Gasteiger partial charge in [-0.05, 0) is 31.0 Å². The van der Waals surface area contributed by atoms with Crippen LogP contribution in [0.5, 0.6) is 0 Å². The Morgan fingerprint density at radius 1 is 0.935 bits per heavy atom. The molecule has 31 heavy (non-hydrogen) atoms. The number of hydrogen-bond donors (Lipinski definition) is 0. The lowest BCUT2D eigenvalue weighted by Crippen LogP contribution is -2.37. The minimum atomic E-state index is -0.354. The first-order valence-electron chi connectivity index (χ1n) is 10.5. The van der Waals surface area contributed by atoms with E-state index in [1.54, 1.807) is 11.6 Å². The number of ether oxygens (including phenoxy) is 1. The maximum atomic E-state index is 13.4. The highest BCUT2D eigenvalue weighted by atomic mass is 16.5. The van der Waals surface area contributed by atoms with Crippen LogP contribution in [0, 0.1) is 13.8 Å². The molecule has 3 heterocycles. The molecule has 0 amide bonds. The first-order valence-corrected chi connectivity index (χ1v) is 10.5. The summed E-state index contributed by atoms with van der Waals surface area (Å²) in [5.41, 5.74) is 6.01. The maximum Gasteiger partial charge on any atom is 0.331 e. The molecule has 0 aliphatic carbocycles. The normalized spacial score (nSPS) is 15.9. The molecule has 0 saturated heterocycles. The van der Waals surface area contributed by atoms with Gasteiger partial charge in [0.05, 0.1) is 28.9 Å². The van der Waals surface area contributed by atoms with E-state index >= 15 is 0 Å². The standard InChI is InChI=1S/C25H25N3O3/c1-15-8-10-17(11-9-15)23-22-21-19(24(29)27(4)25(30)26(21)3)20(28(22)12-13-31-23)18-7-5-6-16(2)14-18/h5-11,14,23H,12-13H2,1-4H3/t23-/m1/s1. The Labute approximate surface area is 179 Å². The Balaban J connectivity index is 1.94. The fourth-order valence-electron chi connectivity index (χ4n) is 4.67. The molecule has 2 aromatic carbocycles. The number of hydrogen-bond acceptors (Lipinski definition) is 3. The molecule has 0 unspecified atom stereocenters. The fraction of sp³-hybridized carbons (Fsp3) is 0.280. The van der Waals surface area contributed by atoms with E-state index in [0.717, 1.165) is 28.1 Å². The van der Waals surface area contributed by atoms with E-state index in [2.05, 4.69) is 34.9 Å². The molecular weight excluding hydrogens is 390 g/mol. The van der Waals surface area contributed by atoms with Gasteiger partial charge in [-0.15, -0.1) is 0 Å². The Bertz CT molecular complexity index is 1440. The molecule has 0 N–H and O–H groups in total. The van der Waals surface area contributed by atoms with Gasteiger partial charge in [0, 0.05) is 20.6 Å². The summed E-state index contributed by atoms with van der Waals surface area (Å²) >= 11 is 0. The van der Waals surface area contributed by atoms with Crippen LogP contribution in [0.1, 0.15) is 28.5 Å². The van der Waals surface area contributed by atoms with E-state index in [4.69, 9.17) is 4.74 Å². The first-order chi connectivity index (χ1) is 14.9. The molecule has 4 aromatic rings. The first kappa shape index (κ1) is 19.6. The molecule has 158 valence electrons. The Morgan fingerprint density at radius 2 is 1.68 bits per heavy atom. The number of fused-ring (bicyclic) bond motifs is 3. The number of benzene rings is 2. The number of nitrogens with zero attached hydrogens (tertiary/aromatic N) is 3. The summed E-state index contributed by atoms with van der Waals surface area (Å²) < 4.78 is 11.2. The summed E-state index contributed by atoms with van der Waals surface area (Å²) in [5, 5.41) is 0.563. The number of rotatable bonds is 2. The largest absolute Gasteiger partial charge is 0.365 e. The predicted molar refractivity (Wildman–Crippen MR) is 122 cm³/mol. The topological polar surface area (TPSA) is 58.2 Å². The second-order valence-electron chi connectivity index (χ2n) is 8.35. The molecule has 0 bridgehead atoms. The highest BCUT2D eigenvalue weighted by molar-refractivity contribution is 5.96. The molecule has 2 aromatic heterocycles. The van der Waals surface area contributed by atoms with Gasteiger partial charge in [-0.25, -0.2) is 4.79 Å². The minimum Gasteiger partial charge on any atom is -0.365 e. The van der Waals surface area contributed by atoms with Crippen molar-refractivity contribution in [2.75, 3.05) is 6.61 Å². The van der Waals surface area contributed by atoms with Crippen molar-refractivity contribution < 1.29 is 4.74 Å². The highest BCUT2D eigenvalue weighted by Crippen LogP contribution is 2.40. The molecule has 0 saturated carbocycles. The number of aryl methyl sites for hydroxylation is 3. The van der Waals surface area contributed by atoms with Crippen LogP contribution in [-0.4, -0.2) is 20.3 Å². The molecule has 0 spiro atoms. The zero-order valence-electron chi connectivity index (χ0n) is 18.2. The second kappa shape index (κ2) is 7.10. The van der Waals surface area contributed by atoms with Crippen LogP contribution in [0.25, 0.3) is 22.2 Å². The molecule has 1 aliphatic heterocycles. The van der Waals surface area contributed by atoms with Crippen molar-refractivity contribution in [3.05, 3.63) is 91.8 Å². The van der Waals surface area contributed by atoms with E-state index in [9.17, 15) is 9.59 Å². The third-order valence-electron chi connectivity index (χ3n) is 6.22. The molecule has 6 heteroatoms. The van der Waals surface area contributed by atoms with Gasteiger partial charge >= 0.3 is 5.69 Å². The summed E-state index contributed by atoms with van der Waals surface area (Å²) in [6, 6.07) is 16.4. The fourth-order valence-corrected chi connectivity index (χ4v) is 4.67. The van der Waals surface area contributed by atoms with Crippen LogP contribution < -0.4 is 11.2 Å². The lowest BCUT2D eigenvalue weighted by molar-refractivity contribution is 0.0478. The average Bonchev–Trinajstić information content (AvgIpc) is 3.12. The van der Waals surface area contributed by atoms with Crippen molar-refractivity contribution in [1.82, 2.24) is 13.7 Å². The Kier molecular flexibility index (Phi) is 4.48. The van der Waals surface area contributed by atoms with Gasteiger partial charge in [0.25, 0.3) is 5.56 Å². The Morgan fingerprint density at radius 3 is 2.39 bits per heavy atom. The van der Waals surface area contributed by atoms with Crippen LogP contribution in [0.15, 0.2) is 58.1 Å². The smallest absolute Gasteiger partial charge is 0.331 e. The average molecular weight is 415 g/mol. The van der Waals surface area contributed by atoms with Gasteiger partial charge in [0.2, 0.25) is 0 Å². The zero-order valence-corrected chi connectivity index (χ0v) is 18.2. The quantitative estimate of drug-likeness (QED) is 0.504. The summed E-state index contributed by atoms with van der Waals surface area (Å²) in [4.78, 5) is 26.2. The monoisotopic (exact) mass is 415 g/mol. The number of aromatic nitrogens is 3. The summed E-state index contributed by atoms with van der Waals surface area (Å²) in [5.74, 6) is 0. The van der Waals surface area contributed by atoms with E-state index < -0.39 is 0 Å². The predicted octanol–water partition coefficient (Wildman–Crippen LogP) is 3.44. The van der Waals surface area contributed by atoms with Gasteiger partial charge in [0.15, 0.2) is 0 Å². The van der Waals surface area contributed by atoms with Crippen LogP contribution in [0.4, 0.5) is 0 Å². The van der Waals surface area contributed by atoms with Crippen LogP contribution >= 0.6 is 0 Å². The Hall–Kier alpha value is -3.38. The van der Waals surface area contributed by atoms with Crippen molar-refractivity contribution in [2.24, 2.45) is 14.1 Å². The molecule has 0 radical (unpaired) electrons. The molecule has 1 atom stereocenters. The van der Waals surface area contributed by atoms with E-state index in [1.807, 2.05) is 32.0 Å².